The van der Waals surface area contributed by atoms with Crippen LogP contribution >= 0.6 is 0 Å². The molecule has 0 aliphatic heterocycles. The van der Waals surface area contributed by atoms with E-state index in [-0.39, 0.29) is 0 Å². The maximum atomic E-state index is 2.33. The smallest absolute Gasteiger partial charge is 0.0808 e. The first kappa shape index (κ1) is 11.1. The molecule has 0 unspecified atom stereocenters. The number of rotatable bonds is 7. The van der Waals surface area contributed by atoms with Gasteiger partial charge in [0.2, 0.25) is 0 Å². The second kappa shape index (κ2) is 8.16. The first-order chi connectivity index (χ1) is 5.35. The van der Waals surface area contributed by atoms with Crippen LogP contribution in [0.15, 0.2) is 0 Å². The van der Waals surface area contributed by atoms with E-state index in [4.69, 9.17) is 0 Å². The van der Waals surface area contributed by atoms with E-state index in [1.807, 2.05) is 0 Å². The van der Waals surface area contributed by atoms with Crippen molar-refractivity contribution in [2.45, 2.75) is 58.7 Å². The fraction of sp³-hybridized carbons (Fsp3) is 1.00. The molecular formula is C10H23B. The Hall–Kier alpha value is 0.0649. The Morgan fingerprint density at radius 1 is 1.09 bits per heavy atom. The minimum atomic E-state index is 1.02. The van der Waals surface area contributed by atoms with Crippen molar-refractivity contribution >= 4 is 7.85 Å². The molecule has 0 heterocycles. The molecule has 1 atom stereocenters. The van der Waals surface area contributed by atoms with Crippen LogP contribution in [0.3, 0.4) is 0 Å². The predicted octanol–water partition coefficient (Wildman–Crippen LogP) is 3.03. The molecule has 0 rings (SSSR count). The molecule has 0 nitrogen and oxygen atoms in total. The van der Waals surface area contributed by atoms with Gasteiger partial charge in [-0.05, 0) is 5.92 Å². The molecule has 0 aliphatic carbocycles. The Morgan fingerprint density at radius 3 is 2.27 bits per heavy atom. The highest BCUT2D eigenvalue weighted by molar-refractivity contribution is 6.08. The lowest BCUT2D eigenvalue weighted by molar-refractivity contribution is 0.433. The lowest BCUT2D eigenvalue weighted by Gasteiger charge is -2.12. The molecule has 11 heavy (non-hydrogen) atoms. The van der Waals surface area contributed by atoms with Gasteiger partial charge in [0.1, 0.15) is 7.85 Å². The van der Waals surface area contributed by atoms with Crippen LogP contribution < -0.4 is 0 Å². The van der Waals surface area contributed by atoms with Crippen molar-refractivity contribution in [3.05, 3.63) is 0 Å². The summed E-state index contributed by atoms with van der Waals surface area (Å²) in [5.41, 5.74) is 0. The van der Waals surface area contributed by atoms with E-state index in [0.29, 0.717) is 0 Å². The molecule has 0 radical (unpaired) electrons. The maximum absolute atomic E-state index is 2.33. The van der Waals surface area contributed by atoms with E-state index in [1.165, 1.54) is 44.8 Å². The third-order valence-electron chi connectivity index (χ3n) is 2.49. The average Bonchev–Trinajstić information content (AvgIpc) is 2.03. The largest absolute Gasteiger partial charge is 0.101 e. The Labute approximate surface area is 73.2 Å². The minimum absolute atomic E-state index is 1.02. The van der Waals surface area contributed by atoms with Gasteiger partial charge in [0.05, 0.1) is 0 Å². The van der Waals surface area contributed by atoms with Gasteiger partial charge in [0.15, 0.2) is 0 Å². The van der Waals surface area contributed by atoms with Crippen molar-refractivity contribution in [2.75, 3.05) is 0 Å². The zero-order valence-electron chi connectivity index (χ0n) is 8.53. The van der Waals surface area contributed by atoms with Crippen molar-refractivity contribution in [3.8, 4) is 0 Å². The summed E-state index contributed by atoms with van der Waals surface area (Å²) in [6, 6.07) is 0. The topological polar surface area (TPSA) is 0 Å². The zero-order chi connectivity index (χ0) is 8.53. The quantitative estimate of drug-likeness (QED) is 0.390. The summed E-state index contributed by atoms with van der Waals surface area (Å²) < 4.78 is 0. The van der Waals surface area contributed by atoms with Crippen LogP contribution in [0.4, 0.5) is 0 Å². The molecule has 0 N–H and O–H groups in total. The summed E-state index contributed by atoms with van der Waals surface area (Å²) in [5.74, 6) is 1.02. The lowest BCUT2D eigenvalue weighted by atomic mass is 9.88. The third-order valence-corrected chi connectivity index (χ3v) is 2.49. The minimum Gasteiger partial charge on any atom is -0.0808 e. The predicted molar refractivity (Wildman–Crippen MR) is 55.9 cm³/mol. The van der Waals surface area contributed by atoms with Crippen molar-refractivity contribution in [2.24, 2.45) is 5.92 Å². The normalized spacial score (nSPS) is 13.3. The van der Waals surface area contributed by atoms with E-state index in [1.54, 1.807) is 0 Å². The number of unbranched alkanes of at least 4 members (excludes halogenated alkanes) is 2. The standard InChI is InChI=1S/C10H23B/c1-3-5-6-7-10(4-2)8-9-11/h10H,3-9,11H2,1-2H3/t10-/m1/s1. The fourth-order valence-corrected chi connectivity index (χ4v) is 1.64. The van der Waals surface area contributed by atoms with Crippen LogP contribution in [0.25, 0.3) is 0 Å². The molecule has 0 spiro atoms. The van der Waals surface area contributed by atoms with Crippen LogP contribution in [-0.2, 0) is 0 Å². The Balaban J connectivity index is 3.20. The molecule has 0 fully saturated rings. The van der Waals surface area contributed by atoms with E-state index < -0.39 is 0 Å². The van der Waals surface area contributed by atoms with Crippen molar-refractivity contribution in [1.29, 1.82) is 0 Å². The molecule has 0 bridgehead atoms. The monoisotopic (exact) mass is 154 g/mol. The molecule has 0 amide bonds. The van der Waals surface area contributed by atoms with Crippen molar-refractivity contribution in [1.82, 2.24) is 0 Å². The molecule has 1 heteroatoms. The Morgan fingerprint density at radius 2 is 1.82 bits per heavy atom. The van der Waals surface area contributed by atoms with Crippen LogP contribution in [0.2, 0.25) is 6.32 Å². The average molecular weight is 154 g/mol. The highest BCUT2D eigenvalue weighted by Gasteiger charge is 2.03. The highest BCUT2D eigenvalue weighted by Crippen LogP contribution is 2.18. The van der Waals surface area contributed by atoms with E-state index in [0.717, 1.165) is 5.92 Å². The van der Waals surface area contributed by atoms with Gasteiger partial charge in [-0.2, -0.15) is 0 Å². The van der Waals surface area contributed by atoms with Gasteiger partial charge in [-0.25, -0.2) is 0 Å². The summed E-state index contributed by atoms with van der Waals surface area (Å²) in [7, 11) is 2.29. The van der Waals surface area contributed by atoms with Gasteiger partial charge in [0, 0.05) is 0 Å². The Kier molecular flexibility index (Phi) is 8.21. The molecule has 0 aromatic rings. The number of hydrogen-bond donors (Lipinski definition) is 0. The van der Waals surface area contributed by atoms with Gasteiger partial charge in [-0.15, -0.1) is 0 Å². The third kappa shape index (κ3) is 6.46. The van der Waals surface area contributed by atoms with Crippen LogP contribution in [0.5, 0.6) is 0 Å². The fourth-order valence-electron chi connectivity index (χ4n) is 1.64. The summed E-state index contributed by atoms with van der Waals surface area (Å²) in [6.07, 6.45) is 9.92. The molecule has 0 saturated heterocycles. The van der Waals surface area contributed by atoms with E-state index >= 15 is 0 Å². The summed E-state index contributed by atoms with van der Waals surface area (Å²) in [5, 5.41) is 0. The van der Waals surface area contributed by atoms with Gasteiger partial charge in [-0.3, -0.25) is 0 Å². The van der Waals surface area contributed by atoms with Gasteiger partial charge < -0.3 is 0 Å². The maximum Gasteiger partial charge on any atom is 0.101 e. The molecule has 66 valence electrons. The first-order valence-electron chi connectivity index (χ1n) is 5.35. The van der Waals surface area contributed by atoms with E-state index in [9.17, 15) is 0 Å². The van der Waals surface area contributed by atoms with Crippen LogP contribution in [-0.4, -0.2) is 7.85 Å². The molecule has 0 aliphatic rings. The van der Waals surface area contributed by atoms with Gasteiger partial charge in [0.25, 0.3) is 0 Å². The summed E-state index contributed by atoms with van der Waals surface area (Å²) in [4.78, 5) is 0. The highest BCUT2D eigenvalue weighted by atomic mass is 14.1. The summed E-state index contributed by atoms with van der Waals surface area (Å²) in [6.45, 7) is 4.60. The van der Waals surface area contributed by atoms with Crippen molar-refractivity contribution in [3.63, 3.8) is 0 Å². The SMILES string of the molecule is BCC[C@H](CC)CCCCC. The van der Waals surface area contributed by atoms with Gasteiger partial charge >= 0.3 is 0 Å². The van der Waals surface area contributed by atoms with Gasteiger partial charge in [-0.1, -0.05) is 58.7 Å². The van der Waals surface area contributed by atoms with Crippen LogP contribution in [0.1, 0.15) is 52.4 Å². The molecule has 0 saturated carbocycles. The molecule has 0 aromatic carbocycles. The zero-order valence-corrected chi connectivity index (χ0v) is 8.53. The summed E-state index contributed by atoms with van der Waals surface area (Å²) >= 11 is 0. The van der Waals surface area contributed by atoms with Crippen LogP contribution in [0, 0.1) is 5.92 Å². The van der Waals surface area contributed by atoms with Crippen molar-refractivity contribution < 1.29 is 0 Å². The second-order valence-corrected chi connectivity index (χ2v) is 3.56. The lowest BCUT2D eigenvalue weighted by Crippen LogP contribution is -1.98. The second-order valence-electron chi connectivity index (χ2n) is 3.56. The molecular weight excluding hydrogens is 131 g/mol. The first-order valence-corrected chi connectivity index (χ1v) is 5.35. The number of hydrogen-bond acceptors (Lipinski definition) is 0. The Bertz CT molecular complexity index is 71.3. The van der Waals surface area contributed by atoms with E-state index in [2.05, 4.69) is 21.7 Å². The molecule has 0 aromatic heterocycles.